The van der Waals surface area contributed by atoms with Gasteiger partial charge in [0, 0.05) is 0 Å². The van der Waals surface area contributed by atoms with Crippen LogP contribution in [-0.2, 0) is 9.59 Å². The number of aliphatic hydroxyl groups is 4. The molecular formula is C26H43NO7. The van der Waals surface area contributed by atoms with Crippen molar-refractivity contribution in [1.29, 1.82) is 0 Å². The maximum atomic E-state index is 12.1. The Hall–Kier alpha value is -1.22. The normalized spacial score (nSPS) is 47.6. The van der Waals surface area contributed by atoms with E-state index in [0.717, 1.165) is 32.1 Å². The molecule has 4 saturated carbocycles. The fourth-order valence-corrected chi connectivity index (χ4v) is 9.04. The molecule has 12 atom stereocenters. The summed E-state index contributed by atoms with van der Waals surface area (Å²) in [6.07, 6.45) is 3.23. The van der Waals surface area contributed by atoms with Gasteiger partial charge in [0.05, 0.1) is 18.3 Å². The molecule has 6 N–H and O–H groups in total. The molecule has 1 amide bonds. The molecule has 0 heterocycles. The van der Waals surface area contributed by atoms with E-state index < -0.39 is 42.1 Å². The van der Waals surface area contributed by atoms with Gasteiger partial charge in [0.1, 0.15) is 12.6 Å². The molecule has 0 saturated heterocycles. The van der Waals surface area contributed by atoms with Crippen molar-refractivity contribution in [2.45, 2.75) is 96.6 Å². The van der Waals surface area contributed by atoms with Crippen LogP contribution in [0.4, 0.5) is 0 Å². The third kappa shape index (κ3) is 4.18. The predicted octanol–water partition coefficient (Wildman–Crippen LogP) is 1.54. The highest BCUT2D eigenvalue weighted by Crippen LogP contribution is 2.68. The lowest BCUT2D eigenvalue weighted by Gasteiger charge is -2.63. The van der Waals surface area contributed by atoms with Gasteiger partial charge < -0.3 is 30.8 Å². The van der Waals surface area contributed by atoms with E-state index in [1.54, 1.807) is 0 Å². The fraction of sp³-hybridized carbons (Fsp3) is 0.923. The molecule has 0 aromatic rings. The lowest BCUT2D eigenvalue weighted by molar-refractivity contribution is -0.207. The number of hydrogen-bond acceptors (Lipinski definition) is 6. The minimum Gasteiger partial charge on any atom is -0.480 e. The third-order valence-electron chi connectivity index (χ3n) is 10.8. The van der Waals surface area contributed by atoms with Gasteiger partial charge in [-0.1, -0.05) is 20.8 Å². The molecule has 0 bridgehead atoms. The molecule has 0 radical (unpaired) electrons. The van der Waals surface area contributed by atoms with E-state index in [2.05, 4.69) is 19.2 Å². The highest BCUT2D eigenvalue weighted by Gasteiger charge is 2.65. The van der Waals surface area contributed by atoms with E-state index in [4.69, 9.17) is 5.11 Å². The minimum atomic E-state index is -1.29. The van der Waals surface area contributed by atoms with Crippen LogP contribution in [0.5, 0.6) is 0 Å². The van der Waals surface area contributed by atoms with Gasteiger partial charge in [0.15, 0.2) is 0 Å². The number of carboxylic acid groups (broad SMARTS) is 1. The van der Waals surface area contributed by atoms with Crippen molar-refractivity contribution in [2.75, 3.05) is 6.54 Å². The van der Waals surface area contributed by atoms with Gasteiger partial charge in [-0.3, -0.25) is 9.59 Å². The molecule has 4 aliphatic carbocycles. The molecule has 0 aromatic carbocycles. The van der Waals surface area contributed by atoms with Crippen LogP contribution >= 0.6 is 0 Å². The zero-order valence-corrected chi connectivity index (χ0v) is 20.7. The van der Waals surface area contributed by atoms with Gasteiger partial charge in [-0.15, -0.1) is 0 Å². The molecule has 5 unspecified atom stereocenters. The summed E-state index contributed by atoms with van der Waals surface area (Å²) in [7, 11) is 0. The largest absolute Gasteiger partial charge is 0.480 e. The zero-order valence-electron chi connectivity index (χ0n) is 20.7. The number of aliphatic hydroxyl groups excluding tert-OH is 4. The second kappa shape index (κ2) is 9.34. The second-order valence-electron chi connectivity index (χ2n) is 12.4. The van der Waals surface area contributed by atoms with Crippen molar-refractivity contribution in [3.05, 3.63) is 0 Å². The SMILES string of the molecule is C[C@H](CC(O)C(=O)NCC(=O)O)[C@H]1CCC2C3C(C[C@H](O)[C@@]21C)[C@@]1(C)CC[C@@H](O)CC1C[C@H]3O. The van der Waals surface area contributed by atoms with Gasteiger partial charge in [-0.2, -0.15) is 0 Å². The van der Waals surface area contributed by atoms with Crippen molar-refractivity contribution in [3.8, 4) is 0 Å². The van der Waals surface area contributed by atoms with Crippen molar-refractivity contribution in [2.24, 2.45) is 46.3 Å². The van der Waals surface area contributed by atoms with Crippen molar-refractivity contribution >= 4 is 11.9 Å². The van der Waals surface area contributed by atoms with Crippen LogP contribution < -0.4 is 5.32 Å². The molecule has 4 aliphatic rings. The van der Waals surface area contributed by atoms with Gasteiger partial charge in [0.2, 0.25) is 5.91 Å². The number of carbonyl (C=O) groups excluding carboxylic acids is 1. The standard InChI is InChI=1S/C26H43NO7/c1-13(8-20(30)24(34)27-12-22(32)33)16-4-5-17-23-18(11-21(31)26(16,17)3)25(2)7-6-15(28)9-14(25)10-19(23)29/h13-21,23,28-31H,4-12H2,1-3H3,(H,27,34)(H,32,33)/t13-,14?,15-,16-,17?,18?,19-,20?,21+,23?,25+,26-/m1/s1. The molecule has 0 aliphatic heterocycles. The molecule has 34 heavy (non-hydrogen) atoms. The average molecular weight is 482 g/mol. The number of fused-ring (bicyclic) bond motifs is 5. The number of nitrogens with one attached hydrogen (secondary N) is 1. The smallest absolute Gasteiger partial charge is 0.322 e. The van der Waals surface area contributed by atoms with E-state index >= 15 is 0 Å². The topological polar surface area (TPSA) is 147 Å². The summed E-state index contributed by atoms with van der Waals surface area (Å²) in [5, 5.41) is 54.6. The Labute approximate surface area is 202 Å². The Balaban J connectivity index is 1.51. The minimum absolute atomic E-state index is 0.0214. The Morgan fingerprint density at radius 3 is 2.41 bits per heavy atom. The van der Waals surface area contributed by atoms with Crippen LogP contribution in [0.15, 0.2) is 0 Å². The first-order valence-electron chi connectivity index (χ1n) is 13.1. The van der Waals surface area contributed by atoms with Crippen LogP contribution in [0, 0.1) is 46.3 Å². The van der Waals surface area contributed by atoms with Crippen LogP contribution in [0.1, 0.15) is 72.1 Å². The molecule has 194 valence electrons. The quantitative estimate of drug-likeness (QED) is 0.337. The first-order chi connectivity index (χ1) is 15.9. The highest BCUT2D eigenvalue weighted by atomic mass is 16.4. The van der Waals surface area contributed by atoms with E-state index in [-0.39, 0.29) is 53.4 Å². The van der Waals surface area contributed by atoms with Gasteiger partial charge >= 0.3 is 5.97 Å². The molecule has 0 aromatic heterocycles. The second-order valence-corrected chi connectivity index (χ2v) is 12.4. The first-order valence-corrected chi connectivity index (χ1v) is 13.1. The van der Waals surface area contributed by atoms with Crippen molar-refractivity contribution in [1.82, 2.24) is 5.32 Å². The highest BCUT2D eigenvalue weighted by molar-refractivity contribution is 5.84. The molecule has 4 fully saturated rings. The van der Waals surface area contributed by atoms with E-state index in [0.29, 0.717) is 12.8 Å². The van der Waals surface area contributed by atoms with E-state index in [1.807, 2.05) is 6.92 Å². The van der Waals surface area contributed by atoms with Crippen LogP contribution in [-0.4, -0.2) is 68.4 Å². The van der Waals surface area contributed by atoms with E-state index in [1.165, 1.54) is 0 Å². The molecule has 4 rings (SSSR count). The lowest BCUT2D eigenvalue weighted by atomic mass is 9.43. The first kappa shape index (κ1) is 25.9. The number of rotatable bonds is 6. The molecule has 8 nitrogen and oxygen atoms in total. The van der Waals surface area contributed by atoms with Crippen molar-refractivity contribution in [3.63, 3.8) is 0 Å². The predicted molar refractivity (Wildman–Crippen MR) is 124 cm³/mol. The number of aliphatic carboxylic acids is 1. The number of carbonyl (C=O) groups is 2. The summed E-state index contributed by atoms with van der Waals surface area (Å²) in [5.74, 6) is -0.990. The Bertz CT molecular complexity index is 791. The van der Waals surface area contributed by atoms with Gasteiger partial charge in [-0.25, -0.2) is 0 Å². The van der Waals surface area contributed by atoms with Crippen LogP contribution in [0.2, 0.25) is 0 Å². The zero-order chi connectivity index (χ0) is 25.0. The molecular weight excluding hydrogens is 438 g/mol. The molecule has 8 heteroatoms. The van der Waals surface area contributed by atoms with Crippen LogP contribution in [0.3, 0.4) is 0 Å². The Morgan fingerprint density at radius 2 is 1.74 bits per heavy atom. The fourth-order valence-electron chi connectivity index (χ4n) is 9.04. The Morgan fingerprint density at radius 1 is 1.03 bits per heavy atom. The summed E-state index contributed by atoms with van der Waals surface area (Å²) in [6, 6.07) is 0. The monoisotopic (exact) mass is 481 g/mol. The summed E-state index contributed by atoms with van der Waals surface area (Å²) in [6.45, 7) is 5.92. The van der Waals surface area contributed by atoms with Crippen LogP contribution in [0.25, 0.3) is 0 Å². The third-order valence-corrected chi connectivity index (χ3v) is 10.8. The van der Waals surface area contributed by atoms with E-state index in [9.17, 15) is 30.0 Å². The summed E-state index contributed by atoms with van der Waals surface area (Å²) in [4.78, 5) is 22.8. The van der Waals surface area contributed by atoms with Crippen molar-refractivity contribution < 1.29 is 35.1 Å². The summed E-state index contributed by atoms with van der Waals surface area (Å²) in [5.41, 5.74) is -0.385. The summed E-state index contributed by atoms with van der Waals surface area (Å²) >= 11 is 0. The summed E-state index contributed by atoms with van der Waals surface area (Å²) < 4.78 is 0. The molecule has 0 spiro atoms. The number of hydrogen-bond donors (Lipinski definition) is 6. The van der Waals surface area contributed by atoms with Gasteiger partial charge in [-0.05, 0) is 97.7 Å². The lowest BCUT2D eigenvalue weighted by Crippen LogP contribution is -2.62. The van der Waals surface area contributed by atoms with Gasteiger partial charge in [0.25, 0.3) is 0 Å². The Kier molecular flexibility index (Phi) is 7.10. The number of amides is 1. The maximum absolute atomic E-state index is 12.1. The number of carboxylic acids is 1. The maximum Gasteiger partial charge on any atom is 0.322 e. The average Bonchev–Trinajstić information content (AvgIpc) is 3.12.